The number of nitrogens with zero attached hydrogens (tertiary/aromatic N) is 1. The molecule has 1 atom stereocenters. The summed E-state index contributed by atoms with van der Waals surface area (Å²) in [7, 11) is 0. The Hall–Kier alpha value is 0.270. The van der Waals surface area contributed by atoms with Crippen LogP contribution in [-0.2, 0) is 0 Å². The van der Waals surface area contributed by atoms with Crippen molar-refractivity contribution in [2.75, 3.05) is 12.3 Å². The molecule has 2 N–H and O–H groups in total. The van der Waals surface area contributed by atoms with Crippen LogP contribution in [0.3, 0.4) is 0 Å². The van der Waals surface area contributed by atoms with Crippen molar-refractivity contribution in [3.05, 3.63) is 0 Å². The predicted octanol–water partition coefficient (Wildman–Crippen LogP) is 1.86. The largest absolute Gasteiger partial charge is 0.297 e. The molecule has 0 aliphatic carbocycles. The first kappa shape index (κ1) is 10.4. The minimum atomic E-state index is 0.683. The lowest BCUT2D eigenvalue weighted by Crippen LogP contribution is -2.45. The van der Waals surface area contributed by atoms with E-state index in [1.54, 1.807) is 0 Å². The van der Waals surface area contributed by atoms with Gasteiger partial charge in [0.25, 0.3) is 0 Å². The van der Waals surface area contributed by atoms with Crippen molar-refractivity contribution in [3.63, 3.8) is 0 Å². The Balaban J connectivity index is 2.42. The van der Waals surface area contributed by atoms with Gasteiger partial charge < -0.3 is 0 Å². The molecule has 3 heteroatoms. The van der Waals surface area contributed by atoms with E-state index < -0.39 is 0 Å². The average molecular weight is 188 g/mol. The number of hydrogen-bond donors (Lipinski definition) is 1. The molecule has 12 heavy (non-hydrogen) atoms. The molecule has 1 aliphatic rings. The number of hydrogen-bond acceptors (Lipinski definition) is 3. The van der Waals surface area contributed by atoms with E-state index in [1.165, 1.54) is 37.8 Å². The topological polar surface area (TPSA) is 29.3 Å². The fourth-order valence-corrected chi connectivity index (χ4v) is 2.57. The summed E-state index contributed by atoms with van der Waals surface area (Å²) >= 11 is 1.49. The van der Waals surface area contributed by atoms with Crippen molar-refractivity contribution >= 4 is 11.9 Å². The van der Waals surface area contributed by atoms with Crippen LogP contribution in [0.4, 0.5) is 0 Å². The summed E-state index contributed by atoms with van der Waals surface area (Å²) in [6.07, 6.45) is 4.08. The van der Waals surface area contributed by atoms with E-state index in [0.29, 0.717) is 6.04 Å². The van der Waals surface area contributed by atoms with Gasteiger partial charge in [0.15, 0.2) is 0 Å². The van der Waals surface area contributed by atoms with Gasteiger partial charge in [0.2, 0.25) is 0 Å². The molecule has 1 saturated heterocycles. The van der Waals surface area contributed by atoms with Gasteiger partial charge in [-0.15, -0.1) is 0 Å². The van der Waals surface area contributed by atoms with Gasteiger partial charge in [-0.25, -0.2) is 0 Å². The maximum absolute atomic E-state index is 5.51. The molecular formula is C9H20N2S. The van der Waals surface area contributed by atoms with Crippen molar-refractivity contribution in [1.29, 1.82) is 0 Å². The van der Waals surface area contributed by atoms with Crippen LogP contribution in [0.2, 0.25) is 0 Å². The summed E-state index contributed by atoms with van der Waals surface area (Å²) in [6, 6.07) is 1.41. The molecule has 0 amide bonds. The fourth-order valence-electron chi connectivity index (χ4n) is 1.99. The Bertz CT molecular complexity index is 126. The van der Waals surface area contributed by atoms with Gasteiger partial charge in [0.1, 0.15) is 0 Å². The minimum Gasteiger partial charge on any atom is -0.297 e. The van der Waals surface area contributed by atoms with Crippen LogP contribution in [0.5, 0.6) is 0 Å². The van der Waals surface area contributed by atoms with Crippen molar-refractivity contribution in [2.24, 2.45) is 5.14 Å². The highest BCUT2D eigenvalue weighted by molar-refractivity contribution is 7.97. The van der Waals surface area contributed by atoms with Gasteiger partial charge in [0.05, 0.1) is 0 Å². The van der Waals surface area contributed by atoms with Gasteiger partial charge in [-0.1, -0.05) is 18.4 Å². The Morgan fingerprint density at radius 2 is 2.25 bits per heavy atom. The van der Waals surface area contributed by atoms with Gasteiger partial charge in [-0.05, 0) is 33.2 Å². The average Bonchev–Trinajstić information content (AvgIpc) is 2.05. The third kappa shape index (κ3) is 2.64. The smallest absolute Gasteiger partial charge is 0.0233 e. The normalized spacial score (nSPS) is 26.5. The lowest BCUT2D eigenvalue weighted by atomic mass is 10.0. The summed E-state index contributed by atoms with van der Waals surface area (Å²) in [5.41, 5.74) is 0. The molecule has 1 aliphatic heterocycles. The monoisotopic (exact) mass is 188 g/mol. The van der Waals surface area contributed by atoms with E-state index in [9.17, 15) is 0 Å². The van der Waals surface area contributed by atoms with Crippen LogP contribution in [-0.4, -0.2) is 29.3 Å². The third-order valence-corrected chi connectivity index (χ3v) is 3.20. The van der Waals surface area contributed by atoms with E-state index in [0.717, 1.165) is 11.8 Å². The molecule has 0 aromatic rings. The maximum atomic E-state index is 5.51. The van der Waals surface area contributed by atoms with Gasteiger partial charge in [0, 0.05) is 17.8 Å². The van der Waals surface area contributed by atoms with Crippen LogP contribution < -0.4 is 5.14 Å². The predicted molar refractivity (Wildman–Crippen MR) is 56.1 cm³/mol. The standard InChI is InChI=1S/C9H20N2S/c1-8(2)11-6-4-3-5-9(11)7-12-10/h8-9H,3-7,10H2,1-2H3. The zero-order valence-electron chi connectivity index (χ0n) is 8.12. The number of likely N-dealkylation sites (tertiary alicyclic amines) is 1. The molecule has 1 unspecified atom stereocenters. The molecule has 1 rings (SSSR count). The summed E-state index contributed by atoms with van der Waals surface area (Å²) in [6.45, 7) is 5.82. The van der Waals surface area contributed by atoms with Crippen LogP contribution >= 0.6 is 11.9 Å². The Morgan fingerprint density at radius 3 is 2.83 bits per heavy atom. The first-order valence-corrected chi connectivity index (χ1v) is 5.88. The van der Waals surface area contributed by atoms with E-state index in [-0.39, 0.29) is 0 Å². The van der Waals surface area contributed by atoms with Crippen molar-refractivity contribution in [1.82, 2.24) is 4.90 Å². The minimum absolute atomic E-state index is 0.683. The summed E-state index contributed by atoms with van der Waals surface area (Å²) < 4.78 is 0. The van der Waals surface area contributed by atoms with E-state index in [1.807, 2.05) is 0 Å². The van der Waals surface area contributed by atoms with E-state index >= 15 is 0 Å². The fraction of sp³-hybridized carbons (Fsp3) is 1.00. The zero-order chi connectivity index (χ0) is 8.97. The maximum Gasteiger partial charge on any atom is 0.0233 e. The van der Waals surface area contributed by atoms with Gasteiger partial charge in [-0.3, -0.25) is 10.0 Å². The Kier molecular flexibility index (Phi) is 4.40. The van der Waals surface area contributed by atoms with Crippen molar-refractivity contribution < 1.29 is 0 Å². The summed E-state index contributed by atoms with van der Waals surface area (Å²) in [5.74, 6) is 1.10. The molecule has 72 valence electrons. The number of rotatable bonds is 3. The molecule has 1 heterocycles. The van der Waals surface area contributed by atoms with Crippen LogP contribution in [0.25, 0.3) is 0 Å². The SMILES string of the molecule is CC(C)N1CCCCC1CSN. The van der Waals surface area contributed by atoms with Gasteiger partial charge in [-0.2, -0.15) is 0 Å². The molecular weight excluding hydrogens is 168 g/mol. The second-order valence-corrected chi connectivity index (χ2v) is 4.48. The summed E-state index contributed by atoms with van der Waals surface area (Å²) in [4.78, 5) is 2.59. The molecule has 0 aromatic heterocycles. The number of nitrogens with two attached hydrogens (primary N) is 1. The zero-order valence-corrected chi connectivity index (χ0v) is 8.94. The molecule has 0 aromatic carbocycles. The highest BCUT2D eigenvalue weighted by Gasteiger charge is 2.23. The lowest BCUT2D eigenvalue weighted by Gasteiger charge is -2.38. The summed E-state index contributed by atoms with van der Waals surface area (Å²) in [5, 5.41) is 5.51. The molecule has 2 nitrogen and oxygen atoms in total. The highest BCUT2D eigenvalue weighted by Crippen LogP contribution is 2.20. The Labute approximate surface area is 80.0 Å². The molecule has 1 fully saturated rings. The van der Waals surface area contributed by atoms with Crippen LogP contribution in [0, 0.1) is 0 Å². The van der Waals surface area contributed by atoms with Crippen molar-refractivity contribution in [3.8, 4) is 0 Å². The lowest BCUT2D eigenvalue weighted by molar-refractivity contribution is 0.126. The van der Waals surface area contributed by atoms with Crippen LogP contribution in [0.15, 0.2) is 0 Å². The number of piperidine rings is 1. The van der Waals surface area contributed by atoms with Gasteiger partial charge >= 0.3 is 0 Å². The van der Waals surface area contributed by atoms with Crippen molar-refractivity contribution in [2.45, 2.75) is 45.2 Å². The first-order valence-electron chi connectivity index (χ1n) is 4.83. The molecule has 0 radical (unpaired) electrons. The first-order chi connectivity index (χ1) is 5.75. The molecule has 0 saturated carbocycles. The highest BCUT2D eigenvalue weighted by atomic mass is 32.2. The second kappa shape index (κ2) is 5.10. The van der Waals surface area contributed by atoms with E-state index in [4.69, 9.17) is 5.14 Å². The van der Waals surface area contributed by atoms with E-state index in [2.05, 4.69) is 18.7 Å². The molecule has 0 spiro atoms. The molecule has 0 bridgehead atoms. The quantitative estimate of drug-likeness (QED) is 0.685. The second-order valence-electron chi connectivity index (χ2n) is 3.81. The Morgan fingerprint density at radius 1 is 1.50 bits per heavy atom. The van der Waals surface area contributed by atoms with Crippen LogP contribution in [0.1, 0.15) is 33.1 Å². The third-order valence-electron chi connectivity index (χ3n) is 2.62.